The fourth-order valence-electron chi connectivity index (χ4n) is 4.39. The lowest BCUT2D eigenvalue weighted by Gasteiger charge is -2.18. The number of alkyl halides is 3. The highest BCUT2D eigenvalue weighted by molar-refractivity contribution is 5.73. The summed E-state index contributed by atoms with van der Waals surface area (Å²) in [5, 5.41) is 33.8. The van der Waals surface area contributed by atoms with E-state index in [2.05, 4.69) is 22.6 Å². The molecule has 1 aromatic carbocycles. The number of carboxylic acids is 2. The normalized spacial score (nSPS) is 13.0. The van der Waals surface area contributed by atoms with Crippen LogP contribution in [0.4, 0.5) is 19.0 Å². The van der Waals surface area contributed by atoms with E-state index in [-0.39, 0.29) is 6.42 Å². The number of carbonyl (C=O) groups is 2. The topological polar surface area (TPSA) is 160 Å². The summed E-state index contributed by atoms with van der Waals surface area (Å²) in [5.41, 5.74) is 4.05. The molecule has 0 aliphatic carbocycles. The van der Waals surface area contributed by atoms with Crippen molar-refractivity contribution in [2.45, 2.75) is 44.2 Å². The fourth-order valence-corrected chi connectivity index (χ4v) is 4.39. The lowest BCUT2D eigenvalue weighted by Crippen LogP contribution is -2.21. The molecule has 0 fully saturated rings. The minimum Gasteiger partial charge on any atom is -0.496 e. The molecule has 11 nitrogen and oxygen atoms in total. The number of nitriles is 1. The molecule has 3 heterocycles. The van der Waals surface area contributed by atoms with Gasteiger partial charge >= 0.3 is 18.1 Å². The fraction of sp³-hybridized carbons (Fsp3) is 0.393. The van der Waals surface area contributed by atoms with Crippen LogP contribution in [0.5, 0.6) is 11.6 Å². The van der Waals surface area contributed by atoms with Crippen LogP contribution in [-0.4, -0.2) is 63.4 Å². The highest BCUT2D eigenvalue weighted by Gasteiger charge is 2.38. The number of hydrogen-bond donors (Lipinski definition) is 3. The largest absolute Gasteiger partial charge is 0.496 e. The Kier molecular flexibility index (Phi) is 10.7. The number of halogens is 3. The number of carboxylic acid groups (broad SMARTS) is 2. The number of pyridine rings is 1. The zero-order valence-corrected chi connectivity index (χ0v) is 22.9. The monoisotopic (exact) mass is 589 g/mol. The van der Waals surface area contributed by atoms with Crippen LogP contribution in [0, 0.1) is 11.3 Å². The molecule has 0 saturated carbocycles. The van der Waals surface area contributed by atoms with Crippen LogP contribution >= 0.6 is 0 Å². The first-order valence-corrected chi connectivity index (χ1v) is 12.9. The van der Waals surface area contributed by atoms with Gasteiger partial charge in [-0.2, -0.15) is 23.5 Å². The molecular formula is C28H30F3N5O6. The first kappa shape index (κ1) is 31.7. The zero-order valence-electron chi connectivity index (χ0n) is 22.9. The van der Waals surface area contributed by atoms with Gasteiger partial charge in [-0.05, 0) is 54.7 Å². The molecule has 2 aromatic heterocycles. The molecule has 1 aliphatic rings. The second-order valence-corrected chi connectivity index (χ2v) is 9.41. The Hall–Kier alpha value is -4.80. The Bertz CT molecular complexity index is 1450. The Balaban J connectivity index is 0.000000616. The number of benzene rings is 1. The molecule has 224 valence electrons. The van der Waals surface area contributed by atoms with Gasteiger partial charge in [-0.25, -0.2) is 14.5 Å². The number of anilines is 1. The van der Waals surface area contributed by atoms with Gasteiger partial charge in [0.1, 0.15) is 11.6 Å². The lowest BCUT2D eigenvalue weighted by molar-refractivity contribution is -0.192. The zero-order chi connectivity index (χ0) is 30.9. The van der Waals surface area contributed by atoms with E-state index < -0.39 is 24.0 Å². The van der Waals surface area contributed by atoms with Gasteiger partial charge < -0.3 is 25.0 Å². The number of fused-ring (bicyclic) bond motifs is 1. The molecule has 14 heteroatoms. The number of hydrogen-bond acceptors (Lipinski definition) is 8. The molecule has 0 amide bonds. The first-order chi connectivity index (χ1) is 19.9. The third kappa shape index (κ3) is 8.85. The maximum absolute atomic E-state index is 11.6. The molecule has 0 bridgehead atoms. The van der Waals surface area contributed by atoms with E-state index in [1.54, 1.807) is 29.9 Å². The van der Waals surface area contributed by atoms with Crippen LogP contribution in [0.25, 0.3) is 0 Å². The minimum absolute atomic E-state index is 0.115. The van der Waals surface area contributed by atoms with E-state index in [0.717, 1.165) is 30.9 Å². The van der Waals surface area contributed by atoms with Crippen molar-refractivity contribution < 1.29 is 42.4 Å². The molecule has 42 heavy (non-hydrogen) atoms. The van der Waals surface area contributed by atoms with Crippen molar-refractivity contribution in [2.24, 2.45) is 7.05 Å². The summed E-state index contributed by atoms with van der Waals surface area (Å²) in [4.78, 5) is 25.2. The Morgan fingerprint density at radius 3 is 2.57 bits per heavy atom. The van der Waals surface area contributed by atoms with E-state index in [9.17, 15) is 28.3 Å². The standard InChI is InChI=1S/C26H29N5O4.C2HF3O2/c1-31-24(35-11-9-20-7-6-18-4-3-10-28-26(18)29-20)15-21(30-31)13-19(14-25(32)33)22-12-17(16-27)5-8-23(22)34-2;3-2(4,5)1(6)7/h5-8,12,15,19H,3-4,9-11,13-14H2,1-2H3,(H,28,29)(H,32,33);(H,6,7). The number of nitrogens with one attached hydrogen (secondary N) is 1. The molecule has 4 rings (SSSR count). The lowest BCUT2D eigenvalue weighted by atomic mass is 9.89. The van der Waals surface area contributed by atoms with Crippen LogP contribution in [-0.2, 0) is 35.9 Å². The number of ether oxygens (including phenoxy) is 2. The summed E-state index contributed by atoms with van der Waals surface area (Å²) in [6.07, 6.45) is -1.98. The maximum Gasteiger partial charge on any atom is 0.490 e. The smallest absolute Gasteiger partial charge is 0.490 e. The van der Waals surface area contributed by atoms with E-state index in [1.165, 1.54) is 12.7 Å². The van der Waals surface area contributed by atoms with Crippen molar-refractivity contribution in [2.75, 3.05) is 25.6 Å². The van der Waals surface area contributed by atoms with Gasteiger partial charge in [0.25, 0.3) is 0 Å². The molecule has 1 atom stereocenters. The number of aromatic nitrogens is 3. The van der Waals surface area contributed by atoms with Crippen LogP contribution in [0.3, 0.4) is 0 Å². The van der Waals surface area contributed by atoms with Gasteiger partial charge in [-0.3, -0.25) is 4.79 Å². The second kappa shape index (κ2) is 14.2. The van der Waals surface area contributed by atoms with Gasteiger partial charge in [-0.1, -0.05) is 6.07 Å². The summed E-state index contributed by atoms with van der Waals surface area (Å²) in [5.74, 6) is -1.98. The molecule has 0 spiro atoms. The maximum atomic E-state index is 11.6. The number of nitrogens with zero attached hydrogens (tertiary/aromatic N) is 4. The van der Waals surface area contributed by atoms with Crippen molar-refractivity contribution in [1.82, 2.24) is 14.8 Å². The van der Waals surface area contributed by atoms with Crippen molar-refractivity contribution in [3.63, 3.8) is 0 Å². The molecular weight excluding hydrogens is 559 g/mol. The Labute approximate surface area is 239 Å². The van der Waals surface area contributed by atoms with E-state index in [4.69, 9.17) is 24.4 Å². The summed E-state index contributed by atoms with van der Waals surface area (Å²) >= 11 is 0. The second-order valence-electron chi connectivity index (χ2n) is 9.41. The van der Waals surface area contributed by atoms with E-state index in [1.807, 2.05) is 12.1 Å². The number of methoxy groups -OCH3 is 1. The van der Waals surface area contributed by atoms with E-state index >= 15 is 0 Å². The predicted molar refractivity (Wildman–Crippen MR) is 144 cm³/mol. The average molecular weight is 590 g/mol. The molecule has 3 N–H and O–H groups in total. The SMILES string of the molecule is COc1ccc(C#N)cc1C(CC(=O)O)Cc1cc(OCCc2ccc3c(n2)NCCC3)n(C)n1.O=C(O)C(F)(F)F. The van der Waals surface area contributed by atoms with Gasteiger partial charge in [0.15, 0.2) is 0 Å². The number of aliphatic carboxylic acids is 2. The van der Waals surface area contributed by atoms with Crippen molar-refractivity contribution in [1.29, 1.82) is 5.26 Å². The van der Waals surface area contributed by atoms with Gasteiger partial charge in [-0.15, -0.1) is 0 Å². The quantitative estimate of drug-likeness (QED) is 0.314. The third-order valence-electron chi connectivity index (χ3n) is 6.37. The highest BCUT2D eigenvalue weighted by atomic mass is 19.4. The molecule has 0 radical (unpaired) electrons. The Morgan fingerprint density at radius 2 is 1.93 bits per heavy atom. The van der Waals surface area contributed by atoms with Crippen molar-refractivity contribution in [3.8, 4) is 17.7 Å². The van der Waals surface area contributed by atoms with Gasteiger partial charge in [0.2, 0.25) is 5.88 Å². The number of rotatable bonds is 10. The van der Waals surface area contributed by atoms with Gasteiger partial charge in [0.05, 0.1) is 37.5 Å². The third-order valence-corrected chi connectivity index (χ3v) is 6.37. The van der Waals surface area contributed by atoms with Crippen LogP contribution in [0.15, 0.2) is 36.4 Å². The molecule has 0 saturated heterocycles. The van der Waals surface area contributed by atoms with E-state index in [0.29, 0.717) is 47.9 Å². The molecule has 1 aliphatic heterocycles. The predicted octanol–water partition coefficient (Wildman–Crippen LogP) is 4.11. The van der Waals surface area contributed by atoms with Crippen LogP contribution in [0.2, 0.25) is 0 Å². The first-order valence-electron chi connectivity index (χ1n) is 12.9. The highest BCUT2D eigenvalue weighted by Crippen LogP contribution is 2.33. The van der Waals surface area contributed by atoms with Gasteiger partial charge in [0, 0.05) is 37.7 Å². The van der Waals surface area contributed by atoms with Crippen molar-refractivity contribution in [3.05, 3.63) is 64.5 Å². The van der Waals surface area contributed by atoms with Crippen molar-refractivity contribution >= 4 is 17.8 Å². The summed E-state index contributed by atoms with van der Waals surface area (Å²) in [6.45, 7) is 1.40. The number of aryl methyl sites for hydroxylation is 2. The summed E-state index contributed by atoms with van der Waals surface area (Å²) < 4.78 is 44.8. The molecule has 1 unspecified atom stereocenters. The summed E-state index contributed by atoms with van der Waals surface area (Å²) in [6, 6.07) is 13.1. The molecule has 3 aromatic rings. The summed E-state index contributed by atoms with van der Waals surface area (Å²) in [7, 11) is 3.33. The minimum atomic E-state index is -5.08. The van der Waals surface area contributed by atoms with Crippen LogP contribution < -0.4 is 14.8 Å². The van der Waals surface area contributed by atoms with Crippen LogP contribution in [0.1, 0.15) is 46.8 Å². The Morgan fingerprint density at radius 1 is 1.19 bits per heavy atom. The average Bonchev–Trinajstić information content (AvgIpc) is 3.30.